The first-order chi connectivity index (χ1) is 8.34. The topological polar surface area (TPSA) is 57.1 Å². The fourth-order valence-electron chi connectivity index (χ4n) is 2.48. The van der Waals surface area contributed by atoms with Crippen LogP contribution in [0, 0.1) is 0 Å². The van der Waals surface area contributed by atoms with Gasteiger partial charge in [0.05, 0.1) is 11.2 Å². The number of fused-ring (bicyclic) bond motifs is 1. The Kier molecular flexibility index (Phi) is 2.74. The van der Waals surface area contributed by atoms with Crippen molar-refractivity contribution in [3.8, 4) is 0 Å². The molecule has 1 aromatic carbocycles. The van der Waals surface area contributed by atoms with Crippen molar-refractivity contribution in [2.45, 2.75) is 6.54 Å². The molecule has 1 aliphatic heterocycles. The first-order valence-corrected chi connectivity index (χ1v) is 6.12. The Morgan fingerprint density at radius 2 is 2.06 bits per heavy atom. The summed E-state index contributed by atoms with van der Waals surface area (Å²) in [7, 11) is 0. The number of nitrogens with zero attached hydrogens (tertiary/aromatic N) is 1. The largest absolute Gasteiger partial charge is 0.397 e. The van der Waals surface area contributed by atoms with Gasteiger partial charge in [0.2, 0.25) is 0 Å². The molecule has 0 spiro atoms. The van der Waals surface area contributed by atoms with Crippen LogP contribution in [-0.2, 0) is 6.54 Å². The van der Waals surface area contributed by atoms with Crippen LogP contribution in [0.5, 0.6) is 0 Å². The monoisotopic (exact) mass is 230 g/mol. The van der Waals surface area contributed by atoms with Crippen LogP contribution in [0.25, 0.3) is 10.9 Å². The van der Waals surface area contributed by atoms with E-state index in [-0.39, 0.29) is 0 Å². The summed E-state index contributed by atoms with van der Waals surface area (Å²) in [4.78, 5) is 5.75. The molecule has 90 valence electrons. The van der Waals surface area contributed by atoms with Crippen LogP contribution >= 0.6 is 0 Å². The van der Waals surface area contributed by atoms with E-state index in [1.807, 2.05) is 12.1 Å². The van der Waals surface area contributed by atoms with Crippen molar-refractivity contribution < 1.29 is 0 Å². The Balaban J connectivity index is 1.87. The molecular formula is C13H18N4. The second-order valence-corrected chi connectivity index (χ2v) is 4.61. The summed E-state index contributed by atoms with van der Waals surface area (Å²) >= 11 is 0. The highest BCUT2D eigenvalue weighted by atomic mass is 15.2. The average Bonchev–Trinajstić information content (AvgIpc) is 2.76. The predicted octanol–water partition coefficient (Wildman–Crippen LogP) is 1.16. The number of anilines is 1. The summed E-state index contributed by atoms with van der Waals surface area (Å²) in [5.74, 6) is 0. The van der Waals surface area contributed by atoms with Gasteiger partial charge in [0.25, 0.3) is 0 Å². The first-order valence-electron chi connectivity index (χ1n) is 6.12. The summed E-state index contributed by atoms with van der Waals surface area (Å²) < 4.78 is 0. The van der Waals surface area contributed by atoms with Crippen LogP contribution < -0.4 is 11.1 Å². The molecule has 4 nitrogen and oxygen atoms in total. The Hall–Kier alpha value is -1.52. The van der Waals surface area contributed by atoms with E-state index in [9.17, 15) is 0 Å². The van der Waals surface area contributed by atoms with Crippen molar-refractivity contribution in [2.24, 2.45) is 0 Å². The van der Waals surface area contributed by atoms with Gasteiger partial charge in [-0.15, -0.1) is 0 Å². The highest BCUT2D eigenvalue weighted by molar-refractivity contribution is 5.92. The minimum absolute atomic E-state index is 0.828. The number of rotatable bonds is 2. The van der Waals surface area contributed by atoms with Crippen LogP contribution in [0.4, 0.5) is 5.69 Å². The van der Waals surface area contributed by atoms with Crippen molar-refractivity contribution >= 4 is 16.6 Å². The predicted molar refractivity (Wildman–Crippen MR) is 70.9 cm³/mol. The molecule has 0 radical (unpaired) electrons. The van der Waals surface area contributed by atoms with Gasteiger partial charge < -0.3 is 16.0 Å². The number of aromatic amines is 1. The molecule has 0 aliphatic carbocycles. The average molecular weight is 230 g/mol. The zero-order chi connectivity index (χ0) is 11.7. The normalized spacial score (nSPS) is 17.6. The molecule has 2 aromatic rings. The highest BCUT2D eigenvalue weighted by Crippen LogP contribution is 2.24. The van der Waals surface area contributed by atoms with Crippen LogP contribution in [0.15, 0.2) is 24.4 Å². The van der Waals surface area contributed by atoms with E-state index in [4.69, 9.17) is 5.73 Å². The number of para-hydroxylation sites is 1. The van der Waals surface area contributed by atoms with E-state index in [2.05, 4.69) is 27.5 Å². The molecule has 1 saturated heterocycles. The Morgan fingerprint density at radius 1 is 1.24 bits per heavy atom. The zero-order valence-electron chi connectivity index (χ0n) is 9.87. The third kappa shape index (κ3) is 2.01. The van der Waals surface area contributed by atoms with Gasteiger partial charge in [0.1, 0.15) is 0 Å². The van der Waals surface area contributed by atoms with Crippen LogP contribution in [0.2, 0.25) is 0 Å². The first kappa shape index (κ1) is 10.6. The standard InChI is InChI=1S/C13H18N4/c14-12-3-1-2-11-10(8-16-13(11)12)9-17-6-4-15-5-7-17/h1-3,8,15-16H,4-7,9,14H2. The third-order valence-electron chi connectivity index (χ3n) is 3.44. The van der Waals surface area contributed by atoms with Crippen molar-refractivity contribution in [3.05, 3.63) is 30.0 Å². The van der Waals surface area contributed by atoms with Gasteiger partial charge in [-0.3, -0.25) is 4.90 Å². The molecule has 2 heterocycles. The third-order valence-corrected chi connectivity index (χ3v) is 3.44. The number of nitrogens with one attached hydrogen (secondary N) is 2. The van der Waals surface area contributed by atoms with Crippen molar-refractivity contribution in [1.82, 2.24) is 15.2 Å². The Labute approximate surface area is 101 Å². The van der Waals surface area contributed by atoms with E-state index < -0.39 is 0 Å². The molecule has 0 amide bonds. The van der Waals surface area contributed by atoms with Gasteiger partial charge in [-0.05, 0) is 11.6 Å². The number of nitrogen functional groups attached to an aromatic ring is 1. The molecule has 0 atom stereocenters. The number of piperazine rings is 1. The van der Waals surface area contributed by atoms with Gasteiger partial charge in [0, 0.05) is 44.3 Å². The second-order valence-electron chi connectivity index (χ2n) is 4.61. The van der Waals surface area contributed by atoms with E-state index >= 15 is 0 Å². The summed E-state index contributed by atoms with van der Waals surface area (Å²) in [6.45, 7) is 5.42. The number of hydrogen-bond acceptors (Lipinski definition) is 3. The van der Waals surface area contributed by atoms with Crippen LogP contribution in [0.1, 0.15) is 5.56 Å². The molecule has 1 aromatic heterocycles. The fraction of sp³-hybridized carbons (Fsp3) is 0.385. The lowest BCUT2D eigenvalue weighted by atomic mass is 10.1. The number of aromatic nitrogens is 1. The fourth-order valence-corrected chi connectivity index (χ4v) is 2.48. The summed E-state index contributed by atoms with van der Waals surface area (Å²) in [5.41, 5.74) is 9.18. The molecule has 17 heavy (non-hydrogen) atoms. The van der Waals surface area contributed by atoms with Gasteiger partial charge in [-0.25, -0.2) is 0 Å². The van der Waals surface area contributed by atoms with E-state index in [0.717, 1.165) is 43.9 Å². The molecule has 0 saturated carbocycles. The van der Waals surface area contributed by atoms with Gasteiger partial charge in [0.15, 0.2) is 0 Å². The maximum absolute atomic E-state index is 5.95. The Bertz CT molecular complexity index is 511. The SMILES string of the molecule is Nc1cccc2c(CN3CCNCC3)c[nH]c12. The highest BCUT2D eigenvalue weighted by Gasteiger charge is 2.12. The smallest absolute Gasteiger partial charge is 0.0690 e. The minimum Gasteiger partial charge on any atom is -0.397 e. The molecule has 3 rings (SSSR count). The number of hydrogen-bond donors (Lipinski definition) is 3. The van der Waals surface area contributed by atoms with E-state index in [1.165, 1.54) is 10.9 Å². The van der Waals surface area contributed by atoms with Crippen LogP contribution in [-0.4, -0.2) is 36.1 Å². The van der Waals surface area contributed by atoms with Gasteiger partial charge >= 0.3 is 0 Å². The lowest BCUT2D eigenvalue weighted by Gasteiger charge is -2.26. The summed E-state index contributed by atoms with van der Waals surface area (Å²) in [5, 5.41) is 4.62. The van der Waals surface area contributed by atoms with Gasteiger partial charge in [-0.1, -0.05) is 12.1 Å². The molecule has 0 unspecified atom stereocenters. The minimum atomic E-state index is 0.828. The molecule has 1 aliphatic rings. The molecule has 4 heteroatoms. The van der Waals surface area contributed by atoms with E-state index in [1.54, 1.807) is 0 Å². The second kappa shape index (κ2) is 4.39. The quantitative estimate of drug-likeness (QED) is 0.678. The zero-order valence-corrected chi connectivity index (χ0v) is 9.87. The number of benzene rings is 1. The number of nitrogens with two attached hydrogens (primary N) is 1. The molecular weight excluding hydrogens is 212 g/mol. The summed E-state index contributed by atoms with van der Waals surface area (Å²) in [6, 6.07) is 6.10. The van der Waals surface area contributed by atoms with Crippen molar-refractivity contribution in [3.63, 3.8) is 0 Å². The number of H-pyrrole nitrogens is 1. The molecule has 1 fully saturated rings. The van der Waals surface area contributed by atoms with Gasteiger partial charge in [-0.2, -0.15) is 0 Å². The lowest BCUT2D eigenvalue weighted by Crippen LogP contribution is -2.42. The van der Waals surface area contributed by atoms with Crippen molar-refractivity contribution in [1.29, 1.82) is 0 Å². The maximum Gasteiger partial charge on any atom is 0.0690 e. The Morgan fingerprint density at radius 3 is 2.88 bits per heavy atom. The molecule has 0 bridgehead atoms. The lowest BCUT2D eigenvalue weighted by molar-refractivity contribution is 0.234. The molecule has 4 N–H and O–H groups in total. The van der Waals surface area contributed by atoms with Crippen molar-refractivity contribution in [2.75, 3.05) is 31.9 Å². The summed E-state index contributed by atoms with van der Waals surface area (Å²) in [6.07, 6.45) is 2.09. The van der Waals surface area contributed by atoms with Crippen LogP contribution in [0.3, 0.4) is 0 Å². The van der Waals surface area contributed by atoms with E-state index in [0.29, 0.717) is 0 Å². The maximum atomic E-state index is 5.95.